The molecule has 3 N–H and O–H groups in total. The van der Waals surface area contributed by atoms with Gasteiger partial charge in [0.1, 0.15) is 5.75 Å². The van der Waals surface area contributed by atoms with Gasteiger partial charge in [-0.15, -0.1) is 0 Å². The van der Waals surface area contributed by atoms with E-state index in [4.69, 9.17) is 4.74 Å². The lowest BCUT2D eigenvalue weighted by atomic mass is 9.85. The highest BCUT2D eigenvalue weighted by molar-refractivity contribution is 5.92. The van der Waals surface area contributed by atoms with Crippen molar-refractivity contribution in [3.8, 4) is 5.75 Å². The highest BCUT2D eigenvalue weighted by Gasteiger charge is 2.26. The van der Waals surface area contributed by atoms with Crippen molar-refractivity contribution < 1.29 is 14.8 Å². The number of amides is 1. The smallest absolute Gasteiger partial charge is 0.230 e. The first-order valence-corrected chi connectivity index (χ1v) is 8.38. The predicted molar refractivity (Wildman–Crippen MR) is 89.0 cm³/mol. The van der Waals surface area contributed by atoms with Crippen LogP contribution in [-0.2, 0) is 4.79 Å². The molecule has 0 bridgehead atoms. The molecule has 1 aromatic rings. The van der Waals surface area contributed by atoms with Crippen molar-refractivity contribution in [2.45, 2.75) is 58.0 Å². The lowest BCUT2D eigenvalue weighted by Gasteiger charge is -2.29. The lowest BCUT2D eigenvalue weighted by Crippen LogP contribution is -2.96. The van der Waals surface area contributed by atoms with Crippen molar-refractivity contribution in [3.05, 3.63) is 24.3 Å². The molecule has 0 radical (unpaired) electrons. The Balaban J connectivity index is 1.83. The lowest BCUT2D eigenvalue weighted by molar-refractivity contribution is -0.725. The van der Waals surface area contributed by atoms with Crippen LogP contribution >= 0.6 is 0 Å². The van der Waals surface area contributed by atoms with Crippen LogP contribution in [0.15, 0.2) is 24.3 Å². The molecule has 0 aliphatic heterocycles. The van der Waals surface area contributed by atoms with Gasteiger partial charge in [0.15, 0.2) is 0 Å². The first-order chi connectivity index (χ1) is 10.6. The van der Waals surface area contributed by atoms with Crippen LogP contribution in [0, 0.1) is 5.92 Å². The van der Waals surface area contributed by atoms with Crippen molar-refractivity contribution in [1.29, 1.82) is 0 Å². The molecular weight excluding hydrogens is 276 g/mol. The molecule has 4 nitrogen and oxygen atoms in total. The number of para-hydroxylation sites is 2. The van der Waals surface area contributed by atoms with Crippen LogP contribution in [-0.4, -0.2) is 25.1 Å². The van der Waals surface area contributed by atoms with Crippen LogP contribution in [0.4, 0.5) is 5.69 Å². The number of hydrogen-bond donors (Lipinski definition) is 2. The summed E-state index contributed by atoms with van der Waals surface area (Å²) in [5, 5.41) is 5.35. The van der Waals surface area contributed by atoms with Crippen LogP contribution in [0.2, 0.25) is 0 Å². The molecule has 1 amide bonds. The van der Waals surface area contributed by atoms with E-state index in [1.807, 2.05) is 24.3 Å². The molecule has 3 atom stereocenters. The molecular formula is C18H29N2O2+. The second kappa shape index (κ2) is 8.18. The Morgan fingerprint density at radius 3 is 2.82 bits per heavy atom. The topological polar surface area (TPSA) is 54.9 Å². The number of benzene rings is 1. The van der Waals surface area contributed by atoms with Crippen molar-refractivity contribution in [2.75, 3.05) is 12.4 Å². The Kier molecular flexibility index (Phi) is 6.25. The molecule has 4 heteroatoms. The van der Waals surface area contributed by atoms with Gasteiger partial charge in [0.2, 0.25) is 5.91 Å². The van der Waals surface area contributed by atoms with E-state index < -0.39 is 0 Å². The quantitative estimate of drug-likeness (QED) is 0.848. The fourth-order valence-electron chi connectivity index (χ4n) is 3.36. The maximum absolute atomic E-state index is 12.2. The van der Waals surface area contributed by atoms with E-state index in [0.29, 0.717) is 24.3 Å². The monoisotopic (exact) mass is 305 g/mol. The van der Waals surface area contributed by atoms with E-state index in [-0.39, 0.29) is 5.91 Å². The van der Waals surface area contributed by atoms with Gasteiger partial charge >= 0.3 is 0 Å². The Morgan fingerprint density at radius 1 is 1.36 bits per heavy atom. The third kappa shape index (κ3) is 4.73. The second-order valence-corrected chi connectivity index (χ2v) is 6.55. The second-order valence-electron chi connectivity index (χ2n) is 6.55. The SMILES string of the molecule is COc1ccccc1NC(=O)C[C@H](C)[NH2+][C@@H]1CCCC[C@H]1C. The number of ether oxygens (including phenoxy) is 1. The van der Waals surface area contributed by atoms with E-state index in [1.165, 1.54) is 25.7 Å². The maximum Gasteiger partial charge on any atom is 0.230 e. The molecule has 122 valence electrons. The summed E-state index contributed by atoms with van der Waals surface area (Å²) in [4.78, 5) is 12.2. The number of hydrogen-bond acceptors (Lipinski definition) is 2. The standard InChI is InChI=1S/C18H28N2O2/c1-13-8-4-5-9-15(13)19-14(2)12-18(21)20-16-10-6-7-11-17(16)22-3/h6-7,10-11,13-15,19H,4-5,8-9,12H2,1-3H3,(H,20,21)/p+1/t13-,14+,15-/m1/s1. The van der Waals surface area contributed by atoms with Gasteiger partial charge in [-0.25, -0.2) is 0 Å². The van der Waals surface area contributed by atoms with Crippen LogP contribution in [0.1, 0.15) is 46.0 Å². The van der Waals surface area contributed by atoms with E-state index in [2.05, 4.69) is 24.5 Å². The Bertz CT molecular complexity index is 490. The number of methoxy groups -OCH3 is 1. The zero-order chi connectivity index (χ0) is 15.9. The number of nitrogens with one attached hydrogen (secondary N) is 1. The Hall–Kier alpha value is -1.55. The number of nitrogens with two attached hydrogens (primary N) is 1. The summed E-state index contributed by atoms with van der Waals surface area (Å²) in [7, 11) is 1.62. The molecule has 0 heterocycles. The first kappa shape index (κ1) is 16.8. The fraction of sp³-hybridized carbons (Fsp3) is 0.611. The van der Waals surface area contributed by atoms with Gasteiger partial charge in [-0.1, -0.05) is 25.5 Å². The van der Waals surface area contributed by atoms with E-state index in [0.717, 1.165) is 11.6 Å². The highest BCUT2D eigenvalue weighted by Crippen LogP contribution is 2.23. The number of quaternary nitrogens is 1. The number of rotatable bonds is 6. The van der Waals surface area contributed by atoms with Crippen LogP contribution in [0.3, 0.4) is 0 Å². The minimum Gasteiger partial charge on any atom is -0.495 e. The Labute approximate surface area is 133 Å². The van der Waals surface area contributed by atoms with Crippen molar-refractivity contribution in [3.63, 3.8) is 0 Å². The molecule has 0 saturated heterocycles. The molecule has 1 aliphatic rings. The zero-order valence-electron chi connectivity index (χ0n) is 14.0. The third-order valence-corrected chi connectivity index (χ3v) is 4.64. The number of carbonyl (C=O) groups excluding carboxylic acids is 1. The predicted octanol–water partition coefficient (Wildman–Crippen LogP) is 2.55. The van der Waals surface area contributed by atoms with E-state index >= 15 is 0 Å². The van der Waals surface area contributed by atoms with E-state index in [1.54, 1.807) is 7.11 Å². The molecule has 22 heavy (non-hydrogen) atoms. The van der Waals surface area contributed by atoms with Crippen LogP contribution in [0.25, 0.3) is 0 Å². The minimum absolute atomic E-state index is 0.0525. The molecule has 1 fully saturated rings. The summed E-state index contributed by atoms with van der Waals surface area (Å²) in [6, 6.07) is 8.50. The normalized spacial score (nSPS) is 22.9. The third-order valence-electron chi connectivity index (χ3n) is 4.64. The summed E-state index contributed by atoms with van der Waals surface area (Å²) in [6.45, 7) is 4.48. The van der Waals surface area contributed by atoms with Crippen LogP contribution < -0.4 is 15.4 Å². The van der Waals surface area contributed by atoms with Crippen molar-refractivity contribution in [2.24, 2.45) is 5.92 Å². The van der Waals surface area contributed by atoms with Gasteiger partial charge in [-0.3, -0.25) is 4.79 Å². The fourth-order valence-corrected chi connectivity index (χ4v) is 3.36. The zero-order valence-corrected chi connectivity index (χ0v) is 14.0. The van der Waals surface area contributed by atoms with Gasteiger partial charge in [0, 0.05) is 5.92 Å². The summed E-state index contributed by atoms with van der Waals surface area (Å²) in [6.07, 6.45) is 5.81. The average Bonchev–Trinajstić information content (AvgIpc) is 2.50. The van der Waals surface area contributed by atoms with E-state index in [9.17, 15) is 4.79 Å². The first-order valence-electron chi connectivity index (χ1n) is 8.38. The van der Waals surface area contributed by atoms with Gasteiger partial charge in [-0.2, -0.15) is 0 Å². The Morgan fingerprint density at radius 2 is 2.09 bits per heavy atom. The molecule has 1 saturated carbocycles. The number of carbonyl (C=O) groups is 1. The molecule has 1 aromatic carbocycles. The molecule has 2 rings (SSSR count). The number of anilines is 1. The van der Waals surface area contributed by atoms with Gasteiger partial charge < -0.3 is 15.4 Å². The summed E-state index contributed by atoms with van der Waals surface area (Å²) < 4.78 is 5.26. The summed E-state index contributed by atoms with van der Waals surface area (Å²) in [5.41, 5.74) is 0.744. The molecule has 0 unspecified atom stereocenters. The largest absolute Gasteiger partial charge is 0.495 e. The van der Waals surface area contributed by atoms with Gasteiger partial charge in [-0.05, 0) is 38.3 Å². The highest BCUT2D eigenvalue weighted by atomic mass is 16.5. The molecule has 1 aliphatic carbocycles. The molecule has 0 spiro atoms. The van der Waals surface area contributed by atoms with Crippen molar-refractivity contribution >= 4 is 11.6 Å². The van der Waals surface area contributed by atoms with Gasteiger partial charge in [0.25, 0.3) is 0 Å². The average molecular weight is 305 g/mol. The maximum atomic E-state index is 12.2. The summed E-state index contributed by atoms with van der Waals surface area (Å²) >= 11 is 0. The van der Waals surface area contributed by atoms with Gasteiger partial charge in [0.05, 0.1) is 31.3 Å². The van der Waals surface area contributed by atoms with Crippen LogP contribution in [0.5, 0.6) is 5.75 Å². The minimum atomic E-state index is 0.0525. The molecule has 0 aromatic heterocycles. The van der Waals surface area contributed by atoms with Crippen molar-refractivity contribution in [1.82, 2.24) is 0 Å². The summed E-state index contributed by atoms with van der Waals surface area (Å²) in [5.74, 6) is 1.51.